The fraction of sp³-hybridized carbons (Fsp3) is 0.133. The quantitative estimate of drug-likeness (QED) is 0.905. The molecule has 0 aromatic heterocycles. The molecule has 1 unspecified atom stereocenters. The molecule has 0 aliphatic rings. The van der Waals surface area contributed by atoms with Crippen LogP contribution in [0.25, 0.3) is 0 Å². The van der Waals surface area contributed by atoms with Crippen molar-refractivity contribution in [2.75, 3.05) is 0 Å². The molecule has 2 aromatic rings. The van der Waals surface area contributed by atoms with Crippen LogP contribution in [-0.2, 0) is 11.2 Å². The van der Waals surface area contributed by atoms with E-state index in [9.17, 15) is 15.0 Å². The van der Waals surface area contributed by atoms with Gasteiger partial charge in [-0.3, -0.25) is 4.79 Å². The highest BCUT2D eigenvalue weighted by Gasteiger charge is 2.22. The van der Waals surface area contributed by atoms with E-state index in [1.165, 1.54) is 0 Å². The predicted octanol–water partition coefficient (Wildman–Crippen LogP) is 3.57. The summed E-state index contributed by atoms with van der Waals surface area (Å²) in [6, 6.07) is 14.0. The average Bonchev–Trinajstić information content (AvgIpc) is 2.37. The lowest BCUT2D eigenvalue weighted by atomic mass is 9.92. The summed E-state index contributed by atoms with van der Waals surface area (Å²) >= 11 is 3.38. The Balaban J connectivity index is 2.32. The molecule has 2 rings (SSSR count). The van der Waals surface area contributed by atoms with Gasteiger partial charge in [0.15, 0.2) is 0 Å². The molecule has 0 fully saturated rings. The summed E-state index contributed by atoms with van der Waals surface area (Å²) in [5.41, 5.74) is 1.53. The first-order chi connectivity index (χ1) is 9.08. The minimum atomic E-state index is -0.879. The zero-order valence-electron chi connectivity index (χ0n) is 10.1. The van der Waals surface area contributed by atoms with Gasteiger partial charge in [-0.15, -0.1) is 0 Å². The molecular weight excluding hydrogens is 308 g/mol. The van der Waals surface area contributed by atoms with Crippen LogP contribution >= 0.6 is 15.9 Å². The molecular formula is C15H13BrO3. The van der Waals surface area contributed by atoms with Crippen LogP contribution in [0.3, 0.4) is 0 Å². The lowest BCUT2D eigenvalue weighted by Gasteiger charge is -2.14. The molecule has 2 N–H and O–H groups in total. The molecule has 0 radical (unpaired) electrons. The molecule has 0 aliphatic heterocycles. The van der Waals surface area contributed by atoms with Gasteiger partial charge in [-0.05, 0) is 35.7 Å². The molecule has 3 nitrogen and oxygen atoms in total. The average molecular weight is 321 g/mol. The number of aliphatic carboxylic acids is 1. The Morgan fingerprint density at radius 2 is 1.89 bits per heavy atom. The van der Waals surface area contributed by atoms with Crippen LogP contribution < -0.4 is 0 Å². The molecule has 98 valence electrons. The fourth-order valence-electron chi connectivity index (χ4n) is 2.01. The number of benzene rings is 2. The highest BCUT2D eigenvalue weighted by atomic mass is 79.9. The number of carboxylic acid groups (broad SMARTS) is 1. The maximum Gasteiger partial charge on any atom is 0.311 e. The lowest BCUT2D eigenvalue weighted by molar-refractivity contribution is -0.138. The van der Waals surface area contributed by atoms with Crippen molar-refractivity contribution in [3.05, 3.63) is 64.1 Å². The summed E-state index contributed by atoms with van der Waals surface area (Å²) in [5.74, 6) is -1.37. The van der Waals surface area contributed by atoms with E-state index in [1.807, 2.05) is 24.3 Å². The maximum absolute atomic E-state index is 11.5. The first kappa shape index (κ1) is 13.6. The van der Waals surface area contributed by atoms with Crippen molar-refractivity contribution >= 4 is 21.9 Å². The third-order valence-electron chi connectivity index (χ3n) is 2.93. The lowest BCUT2D eigenvalue weighted by Crippen LogP contribution is -2.15. The predicted molar refractivity (Wildman–Crippen MR) is 76.3 cm³/mol. The standard InChI is InChI=1S/C15H13BrO3/c16-14-7-2-1-6-12(14)13(15(18)19)9-10-4-3-5-11(17)8-10/h1-8,13,17H,9H2,(H,18,19). The van der Waals surface area contributed by atoms with Gasteiger partial charge in [0.25, 0.3) is 0 Å². The molecule has 4 heteroatoms. The first-order valence-corrected chi connectivity index (χ1v) is 6.62. The van der Waals surface area contributed by atoms with Crippen LogP contribution in [0.4, 0.5) is 0 Å². The number of halogens is 1. The van der Waals surface area contributed by atoms with E-state index in [0.29, 0.717) is 6.42 Å². The summed E-state index contributed by atoms with van der Waals surface area (Å²) in [6.45, 7) is 0. The van der Waals surface area contributed by atoms with Gasteiger partial charge < -0.3 is 10.2 Å². The van der Waals surface area contributed by atoms with Gasteiger partial charge in [-0.1, -0.05) is 46.3 Å². The second-order valence-electron chi connectivity index (χ2n) is 4.29. The van der Waals surface area contributed by atoms with E-state index in [-0.39, 0.29) is 5.75 Å². The number of carboxylic acids is 1. The van der Waals surface area contributed by atoms with Gasteiger partial charge in [0, 0.05) is 4.47 Å². The summed E-state index contributed by atoms with van der Waals surface area (Å²) in [4.78, 5) is 11.5. The number of phenolic OH excluding ortho intramolecular Hbond substituents is 1. The van der Waals surface area contributed by atoms with Crippen LogP contribution in [0.2, 0.25) is 0 Å². The molecule has 0 bridgehead atoms. The first-order valence-electron chi connectivity index (χ1n) is 5.83. The van der Waals surface area contributed by atoms with E-state index in [2.05, 4.69) is 15.9 Å². The van der Waals surface area contributed by atoms with Gasteiger partial charge in [0.1, 0.15) is 5.75 Å². The van der Waals surface area contributed by atoms with Crippen molar-refractivity contribution in [3.8, 4) is 5.75 Å². The van der Waals surface area contributed by atoms with Crippen molar-refractivity contribution in [3.63, 3.8) is 0 Å². The molecule has 2 aromatic carbocycles. The summed E-state index contributed by atoms with van der Waals surface area (Å²) in [5, 5.41) is 18.8. The normalized spacial score (nSPS) is 12.1. The van der Waals surface area contributed by atoms with Gasteiger partial charge in [0.2, 0.25) is 0 Å². The van der Waals surface area contributed by atoms with Crippen molar-refractivity contribution in [2.45, 2.75) is 12.3 Å². The van der Waals surface area contributed by atoms with Crippen molar-refractivity contribution in [1.29, 1.82) is 0 Å². The number of phenols is 1. The van der Waals surface area contributed by atoms with E-state index >= 15 is 0 Å². The van der Waals surface area contributed by atoms with Gasteiger partial charge >= 0.3 is 5.97 Å². The molecule has 19 heavy (non-hydrogen) atoms. The SMILES string of the molecule is O=C(O)C(Cc1cccc(O)c1)c1ccccc1Br. The van der Waals surface area contributed by atoms with E-state index in [1.54, 1.807) is 24.3 Å². The Hall–Kier alpha value is -1.81. The van der Waals surface area contributed by atoms with Crippen molar-refractivity contribution < 1.29 is 15.0 Å². The van der Waals surface area contributed by atoms with Crippen molar-refractivity contribution in [2.24, 2.45) is 0 Å². The molecule has 0 saturated heterocycles. The van der Waals surface area contributed by atoms with Crippen LogP contribution in [0.5, 0.6) is 5.75 Å². The Morgan fingerprint density at radius 1 is 1.16 bits per heavy atom. The number of carbonyl (C=O) groups is 1. The highest BCUT2D eigenvalue weighted by Crippen LogP contribution is 2.28. The maximum atomic E-state index is 11.5. The largest absolute Gasteiger partial charge is 0.508 e. The zero-order valence-corrected chi connectivity index (χ0v) is 11.7. The summed E-state index contributed by atoms with van der Waals surface area (Å²) < 4.78 is 0.780. The Kier molecular flexibility index (Phi) is 4.22. The third kappa shape index (κ3) is 3.35. The molecule has 0 saturated carbocycles. The summed E-state index contributed by atoms with van der Waals surface area (Å²) in [6.07, 6.45) is 0.340. The molecule has 1 atom stereocenters. The van der Waals surface area contributed by atoms with E-state index < -0.39 is 11.9 Å². The highest BCUT2D eigenvalue weighted by molar-refractivity contribution is 9.10. The number of rotatable bonds is 4. The topological polar surface area (TPSA) is 57.5 Å². The Labute approximate surface area is 119 Å². The minimum absolute atomic E-state index is 0.147. The number of hydrogen-bond acceptors (Lipinski definition) is 2. The fourth-order valence-corrected chi connectivity index (χ4v) is 2.57. The number of hydrogen-bond donors (Lipinski definition) is 2. The van der Waals surface area contributed by atoms with Crippen molar-refractivity contribution in [1.82, 2.24) is 0 Å². The van der Waals surface area contributed by atoms with Gasteiger partial charge in [-0.25, -0.2) is 0 Å². The second-order valence-corrected chi connectivity index (χ2v) is 5.14. The van der Waals surface area contributed by atoms with Crippen LogP contribution in [-0.4, -0.2) is 16.2 Å². The molecule has 0 heterocycles. The zero-order chi connectivity index (χ0) is 13.8. The van der Waals surface area contributed by atoms with Crippen LogP contribution in [0, 0.1) is 0 Å². The minimum Gasteiger partial charge on any atom is -0.508 e. The third-order valence-corrected chi connectivity index (χ3v) is 3.65. The summed E-state index contributed by atoms with van der Waals surface area (Å²) in [7, 11) is 0. The molecule has 0 amide bonds. The monoisotopic (exact) mass is 320 g/mol. The van der Waals surface area contributed by atoms with Crippen LogP contribution in [0.1, 0.15) is 17.0 Å². The molecule has 0 spiro atoms. The van der Waals surface area contributed by atoms with Crippen LogP contribution in [0.15, 0.2) is 53.0 Å². The number of aromatic hydroxyl groups is 1. The van der Waals surface area contributed by atoms with Gasteiger partial charge in [-0.2, -0.15) is 0 Å². The Morgan fingerprint density at radius 3 is 2.53 bits per heavy atom. The molecule has 0 aliphatic carbocycles. The smallest absolute Gasteiger partial charge is 0.311 e. The second kappa shape index (κ2) is 5.89. The van der Waals surface area contributed by atoms with E-state index in [0.717, 1.165) is 15.6 Å². The van der Waals surface area contributed by atoms with Gasteiger partial charge in [0.05, 0.1) is 5.92 Å². The Bertz CT molecular complexity index is 595. The van der Waals surface area contributed by atoms with E-state index in [4.69, 9.17) is 0 Å².